The van der Waals surface area contributed by atoms with Crippen LogP contribution in [0.3, 0.4) is 0 Å². The number of rotatable bonds is 6. The van der Waals surface area contributed by atoms with Crippen molar-refractivity contribution in [2.24, 2.45) is 5.92 Å². The van der Waals surface area contributed by atoms with E-state index in [1.165, 1.54) is 32.5 Å². The van der Waals surface area contributed by atoms with Gasteiger partial charge in [0, 0.05) is 18.5 Å². The summed E-state index contributed by atoms with van der Waals surface area (Å²) in [6, 6.07) is 0. The maximum absolute atomic E-state index is 5.37. The Morgan fingerprint density at radius 2 is 2.38 bits per heavy atom. The fourth-order valence-corrected chi connectivity index (χ4v) is 2.01. The Balaban J connectivity index is 2.13. The molecule has 3 heteroatoms. The molecule has 0 aromatic heterocycles. The van der Waals surface area contributed by atoms with E-state index in [9.17, 15) is 0 Å². The van der Waals surface area contributed by atoms with Gasteiger partial charge < -0.3 is 9.64 Å². The van der Waals surface area contributed by atoms with E-state index in [-0.39, 0.29) is 0 Å². The lowest BCUT2D eigenvalue weighted by Crippen LogP contribution is -2.30. The molecule has 1 aliphatic heterocycles. The molecule has 2 nitrogen and oxygen atoms in total. The van der Waals surface area contributed by atoms with Gasteiger partial charge in [-0.15, -0.1) is 0 Å². The zero-order chi connectivity index (χ0) is 9.52. The van der Waals surface area contributed by atoms with Gasteiger partial charge in [0.2, 0.25) is 0 Å². The van der Waals surface area contributed by atoms with Crippen molar-refractivity contribution in [1.29, 1.82) is 0 Å². The first kappa shape index (κ1) is 11.5. The highest BCUT2D eigenvalue weighted by atomic mass is 79.9. The van der Waals surface area contributed by atoms with Crippen molar-refractivity contribution in [3.05, 3.63) is 0 Å². The lowest BCUT2D eigenvalue weighted by molar-refractivity contribution is 0.169. The third kappa shape index (κ3) is 4.43. The first-order valence-corrected chi connectivity index (χ1v) is 6.35. The van der Waals surface area contributed by atoms with Crippen LogP contribution in [0.15, 0.2) is 0 Å². The average molecular weight is 250 g/mol. The van der Waals surface area contributed by atoms with Crippen LogP contribution >= 0.6 is 15.9 Å². The zero-order valence-electron chi connectivity index (χ0n) is 8.47. The Morgan fingerprint density at radius 3 is 2.92 bits per heavy atom. The summed E-state index contributed by atoms with van der Waals surface area (Å²) in [5.74, 6) is 0.787. The minimum atomic E-state index is 0.787. The molecule has 0 N–H and O–H groups in total. The van der Waals surface area contributed by atoms with E-state index < -0.39 is 0 Å². The third-order valence-electron chi connectivity index (χ3n) is 2.60. The van der Waals surface area contributed by atoms with Crippen LogP contribution in [0.1, 0.15) is 19.8 Å². The number of hydrogen-bond acceptors (Lipinski definition) is 2. The molecule has 1 fully saturated rings. The summed E-state index contributed by atoms with van der Waals surface area (Å²) in [7, 11) is 0. The summed E-state index contributed by atoms with van der Waals surface area (Å²) in [6.07, 6.45) is 2.51. The smallest absolute Gasteiger partial charge is 0.0507 e. The Morgan fingerprint density at radius 1 is 1.54 bits per heavy atom. The molecule has 1 unspecified atom stereocenters. The maximum Gasteiger partial charge on any atom is 0.0507 e. The quantitative estimate of drug-likeness (QED) is 0.669. The van der Waals surface area contributed by atoms with Gasteiger partial charge in [-0.2, -0.15) is 0 Å². The zero-order valence-corrected chi connectivity index (χ0v) is 10.1. The van der Waals surface area contributed by atoms with E-state index in [0.717, 1.165) is 24.5 Å². The molecule has 0 spiro atoms. The molecule has 13 heavy (non-hydrogen) atoms. The van der Waals surface area contributed by atoms with Crippen LogP contribution < -0.4 is 0 Å². The highest BCUT2D eigenvalue weighted by Crippen LogP contribution is 2.13. The second-order valence-electron chi connectivity index (χ2n) is 3.67. The highest BCUT2D eigenvalue weighted by Gasteiger charge is 2.17. The molecule has 1 aliphatic rings. The molecule has 0 bridgehead atoms. The predicted octanol–water partition coefficient (Wildman–Crippen LogP) is 2.13. The fraction of sp³-hybridized carbons (Fsp3) is 1.00. The molecule has 0 amide bonds. The summed E-state index contributed by atoms with van der Waals surface area (Å²) >= 11 is 3.47. The summed E-state index contributed by atoms with van der Waals surface area (Å²) in [5.41, 5.74) is 0. The molecule has 1 saturated heterocycles. The number of ether oxygens (including phenoxy) is 1. The molecule has 0 radical (unpaired) electrons. The van der Waals surface area contributed by atoms with Gasteiger partial charge in [-0.3, -0.25) is 0 Å². The minimum absolute atomic E-state index is 0.787. The number of alkyl halides is 1. The molecule has 0 aliphatic carbocycles. The Labute approximate surface area is 89.8 Å². The predicted molar refractivity (Wildman–Crippen MR) is 59.5 cm³/mol. The van der Waals surface area contributed by atoms with Crippen LogP contribution in [0.5, 0.6) is 0 Å². The summed E-state index contributed by atoms with van der Waals surface area (Å²) in [5, 5.41) is 1.12. The van der Waals surface area contributed by atoms with Crippen molar-refractivity contribution in [2.75, 3.05) is 38.2 Å². The van der Waals surface area contributed by atoms with Gasteiger partial charge in [0.1, 0.15) is 0 Å². The fourth-order valence-electron chi connectivity index (χ4n) is 1.75. The van der Waals surface area contributed by atoms with E-state index in [4.69, 9.17) is 4.74 Å². The Bertz CT molecular complexity index is 126. The lowest BCUT2D eigenvalue weighted by Gasteiger charge is -2.22. The van der Waals surface area contributed by atoms with Crippen molar-refractivity contribution in [3.63, 3.8) is 0 Å². The van der Waals surface area contributed by atoms with Gasteiger partial charge >= 0.3 is 0 Å². The van der Waals surface area contributed by atoms with Crippen LogP contribution in [0.4, 0.5) is 0 Å². The maximum atomic E-state index is 5.37. The van der Waals surface area contributed by atoms with Gasteiger partial charge in [-0.25, -0.2) is 0 Å². The van der Waals surface area contributed by atoms with Gasteiger partial charge in [0.15, 0.2) is 0 Å². The van der Waals surface area contributed by atoms with Crippen LogP contribution in [-0.4, -0.2) is 43.1 Å². The summed E-state index contributed by atoms with van der Waals surface area (Å²) in [4.78, 5) is 2.53. The van der Waals surface area contributed by atoms with Crippen LogP contribution in [0.25, 0.3) is 0 Å². The Hall–Kier alpha value is 0.400. The van der Waals surface area contributed by atoms with E-state index in [0.29, 0.717) is 0 Å². The first-order chi connectivity index (χ1) is 6.36. The molecule has 1 rings (SSSR count). The van der Waals surface area contributed by atoms with Crippen molar-refractivity contribution < 1.29 is 4.74 Å². The molecule has 0 aromatic rings. The van der Waals surface area contributed by atoms with Crippen LogP contribution in [0, 0.1) is 5.92 Å². The minimum Gasteiger partial charge on any atom is -0.381 e. The number of halogens is 1. The lowest BCUT2D eigenvalue weighted by atomic mass is 10.1. The van der Waals surface area contributed by atoms with E-state index in [2.05, 4.69) is 27.8 Å². The van der Waals surface area contributed by atoms with Crippen molar-refractivity contribution in [1.82, 2.24) is 4.90 Å². The second-order valence-corrected chi connectivity index (χ2v) is 4.46. The molecule has 1 heterocycles. The van der Waals surface area contributed by atoms with E-state index in [1.807, 2.05) is 0 Å². The molecule has 78 valence electrons. The molecular weight excluding hydrogens is 230 g/mol. The van der Waals surface area contributed by atoms with Gasteiger partial charge in [-0.05, 0) is 31.8 Å². The molecular formula is C10H20BrNO. The summed E-state index contributed by atoms with van der Waals surface area (Å²) < 4.78 is 5.37. The number of hydrogen-bond donors (Lipinski definition) is 0. The molecule has 0 aromatic carbocycles. The van der Waals surface area contributed by atoms with E-state index in [1.54, 1.807) is 0 Å². The highest BCUT2D eigenvalue weighted by molar-refractivity contribution is 9.09. The number of nitrogens with zero attached hydrogens (tertiary/aromatic N) is 1. The molecule has 0 saturated carbocycles. The summed E-state index contributed by atoms with van der Waals surface area (Å²) in [6.45, 7) is 7.81. The largest absolute Gasteiger partial charge is 0.381 e. The second kappa shape index (κ2) is 6.80. The molecule has 1 atom stereocenters. The SMILES string of the molecule is CCN(CCCBr)CC1CCOC1. The van der Waals surface area contributed by atoms with E-state index >= 15 is 0 Å². The standard InChI is InChI=1S/C10H20BrNO/c1-2-12(6-3-5-11)8-10-4-7-13-9-10/h10H,2-9H2,1H3. The third-order valence-corrected chi connectivity index (χ3v) is 3.16. The average Bonchev–Trinajstić information content (AvgIpc) is 2.64. The van der Waals surface area contributed by atoms with Gasteiger partial charge in [0.25, 0.3) is 0 Å². The van der Waals surface area contributed by atoms with Crippen LogP contribution in [0.2, 0.25) is 0 Å². The topological polar surface area (TPSA) is 12.5 Å². The van der Waals surface area contributed by atoms with Gasteiger partial charge in [0.05, 0.1) is 6.61 Å². The normalized spacial score (nSPS) is 22.8. The van der Waals surface area contributed by atoms with Crippen molar-refractivity contribution in [3.8, 4) is 0 Å². The van der Waals surface area contributed by atoms with Crippen molar-refractivity contribution >= 4 is 15.9 Å². The van der Waals surface area contributed by atoms with Crippen LogP contribution in [-0.2, 0) is 4.74 Å². The first-order valence-electron chi connectivity index (χ1n) is 5.23. The monoisotopic (exact) mass is 249 g/mol. The Kier molecular flexibility index (Phi) is 6.00. The van der Waals surface area contributed by atoms with Gasteiger partial charge in [-0.1, -0.05) is 22.9 Å². The van der Waals surface area contributed by atoms with Crippen molar-refractivity contribution in [2.45, 2.75) is 19.8 Å².